The second-order valence-corrected chi connectivity index (χ2v) is 5.23. The first kappa shape index (κ1) is 14.5. The number of benzene rings is 1. The molecule has 96 valence electrons. The zero-order valence-corrected chi connectivity index (χ0v) is 11.9. The van der Waals surface area contributed by atoms with Gasteiger partial charge in [0.15, 0.2) is 0 Å². The molecule has 0 bridgehead atoms. The summed E-state index contributed by atoms with van der Waals surface area (Å²) in [6.45, 7) is 6.74. The fourth-order valence-corrected chi connectivity index (χ4v) is 2.45. The predicted molar refractivity (Wildman–Crippen MR) is 76.7 cm³/mol. The maximum Gasteiger partial charge on any atom is 0.0408 e. The molecular formula is C15H24ClN. The van der Waals surface area contributed by atoms with Crippen molar-refractivity contribution in [3.8, 4) is 0 Å². The summed E-state index contributed by atoms with van der Waals surface area (Å²) in [5.74, 6) is 0. The zero-order chi connectivity index (χ0) is 12.7. The van der Waals surface area contributed by atoms with Crippen LogP contribution in [0.3, 0.4) is 0 Å². The van der Waals surface area contributed by atoms with Gasteiger partial charge in [0.25, 0.3) is 0 Å². The Labute approximate surface area is 111 Å². The first-order valence-electron chi connectivity index (χ1n) is 6.66. The third-order valence-corrected chi connectivity index (χ3v) is 3.32. The lowest BCUT2D eigenvalue weighted by Crippen LogP contribution is -2.37. The molecule has 2 heteroatoms. The van der Waals surface area contributed by atoms with E-state index in [9.17, 15) is 0 Å². The van der Waals surface area contributed by atoms with Crippen molar-refractivity contribution in [2.75, 3.05) is 0 Å². The summed E-state index contributed by atoms with van der Waals surface area (Å²) >= 11 is 5.99. The Balaban J connectivity index is 2.45. The van der Waals surface area contributed by atoms with E-state index in [0.717, 1.165) is 11.4 Å². The summed E-state index contributed by atoms with van der Waals surface area (Å²) in [5.41, 5.74) is 1.31. The van der Waals surface area contributed by atoms with E-state index in [0.29, 0.717) is 12.1 Å². The zero-order valence-electron chi connectivity index (χ0n) is 11.2. The van der Waals surface area contributed by atoms with Crippen molar-refractivity contribution in [3.05, 3.63) is 34.9 Å². The van der Waals surface area contributed by atoms with Crippen molar-refractivity contribution in [2.45, 2.75) is 58.5 Å². The van der Waals surface area contributed by atoms with Crippen molar-refractivity contribution in [3.63, 3.8) is 0 Å². The van der Waals surface area contributed by atoms with Crippen LogP contribution in [0.4, 0.5) is 0 Å². The Morgan fingerprint density at radius 1 is 1.29 bits per heavy atom. The molecule has 1 nitrogen and oxygen atoms in total. The summed E-state index contributed by atoms with van der Waals surface area (Å²) in [4.78, 5) is 0. The van der Waals surface area contributed by atoms with Gasteiger partial charge in [-0.05, 0) is 43.9 Å². The normalized spacial score (nSPS) is 14.6. The summed E-state index contributed by atoms with van der Waals surface area (Å²) in [6, 6.07) is 9.30. The number of nitrogens with one attached hydrogen (secondary N) is 1. The molecule has 0 heterocycles. The van der Waals surface area contributed by atoms with Crippen LogP contribution in [0, 0.1) is 0 Å². The van der Waals surface area contributed by atoms with E-state index in [-0.39, 0.29) is 0 Å². The van der Waals surface area contributed by atoms with Gasteiger partial charge in [0, 0.05) is 17.1 Å². The van der Waals surface area contributed by atoms with Crippen molar-refractivity contribution in [1.29, 1.82) is 0 Å². The fraction of sp³-hybridized carbons (Fsp3) is 0.600. The van der Waals surface area contributed by atoms with Crippen LogP contribution < -0.4 is 5.32 Å². The van der Waals surface area contributed by atoms with Gasteiger partial charge in [-0.1, -0.05) is 44.0 Å². The molecule has 0 spiro atoms. The van der Waals surface area contributed by atoms with E-state index in [1.165, 1.54) is 24.8 Å². The van der Waals surface area contributed by atoms with Crippen molar-refractivity contribution >= 4 is 11.6 Å². The van der Waals surface area contributed by atoms with Crippen LogP contribution in [0.25, 0.3) is 0 Å². The van der Waals surface area contributed by atoms with Crippen LogP contribution >= 0.6 is 11.6 Å². The fourth-order valence-electron chi connectivity index (χ4n) is 2.23. The van der Waals surface area contributed by atoms with E-state index in [4.69, 9.17) is 11.6 Å². The lowest BCUT2D eigenvalue weighted by atomic mass is 10.0. The second kappa shape index (κ2) is 7.73. The average molecular weight is 254 g/mol. The molecular weight excluding hydrogens is 230 g/mol. The first-order valence-corrected chi connectivity index (χ1v) is 7.04. The summed E-state index contributed by atoms with van der Waals surface area (Å²) in [6.07, 6.45) is 4.75. The monoisotopic (exact) mass is 253 g/mol. The molecule has 0 aliphatic rings. The smallest absolute Gasteiger partial charge is 0.0408 e. The Bertz CT molecular complexity index is 324. The van der Waals surface area contributed by atoms with Crippen LogP contribution in [0.1, 0.15) is 45.6 Å². The van der Waals surface area contributed by atoms with E-state index < -0.39 is 0 Å². The lowest BCUT2D eigenvalue weighted by Gasteiger charge is -2.22. The Kier molecular flexibility index (Phi) is 6.61. The molecule has 2 atom stereocenters. The highest BCUT2D eigenvalue weighted by Crippen LogP contribution is 2.13. The van der Waals surface area contributed by atoms with Gasteiger partial charge in [-0.25, -0.2) is 0 Å². The summed E-state index contributed by atoms with van der Waals surface area (Å²) in [7, 11) is 0. The van der Waals surface area contributed by atoms with Crippen molar-refractivity contribution in [2.24, 2.45) is 0 Å². The minimum absolute atomic E-state index is 0.505. The highest BCUT2D eigenvalue weighted by Gasteiger charge is 2.09. The predicted octanol–water partition coefficient (Wildman–Crippen LogP) is 4.44. The van der Waals surface area contributed by atoms with Crippen molar-refractivity contribution < 1.29 is 0 Å². The molecule has 1 aromatic carbocycles. The minimum atomic E-state index is 0.505. The molecule has 0 amide bonds. The molecule has 0 aliphatic heterocycles. The number of hydrogen-bond donors (Lipinski definition) is 1. The quantitative estimate of drug-likeness (QED) is 0.758. The molecule has 17 heavy (non-hydrogen) atoms. The van der Waals surface area contributed by atoms with E-state index in [1.807, 2.05) is 12.1 Å². The highest BCUT2D eigenvalue weighted by molar-refractivity contribution is 6.30. The van der Waals surface area contributed by atoms with Gasteiger partial charge in [0.2, 0.25) is 0 Å². The Morgan fingerprint density at radius 2 is 2.06 bits per heavy atom. The van der Waals surface area contributed by atoms with Gasteiger partial charge in [0.1, 0.15) is 0 Å². The number of halogens is 1. The second-order valence-electron chi connectivity index (χ2n) is 4.80. The molecule has 0 saturated heterocycles. The molecule has 0 fully saturated rings. The van der Waals surface area contributed by atoms with Gasteiger partial charge < -0.3 is 5.32 Å². The molecule has 0 aliphatic carbocycles. The topological polar surface area (TPSA) is 12.0 Å². The van der Waals surface area contributed by atoms with Crippen LogP contribution in [0.15, 0.2) is 24.3 Å². The molecule has 0 radical (unpaired) electrons. The minimum Gasteiger partial charge on any atom is -0.311 e. The Morgan fingerprint density at radius 3 is 2.65 bits per heavy atom. The molecule has 1 N–H and O–H groups in total. The van der Waals surface area contributed by atoms with Crippen LogP contribution in [0.5, 0.6) is 0 Å². The maximum atomic E-state index is 5.99. The van der Waals surface area contributed by atoms with Crippen LogP contribution in [0.2, 0.25) is 5.02 Å². The highest BCUT2D eigenvalue weighted by atomic mass is 35.5. The summed E-state index contributed by atoms with van der Waals surface area (Å²) in [5, 5.41) is 4.52. The number of hydrogen-bond acceptors (Lipinski definition) is 1. The first-order chi connectivity index (χ1) is 8.15. The molecule has 2 unspecified atom stereocenters. The van der Waals surface area contributed by atoms with Gasteiger partial charge in [-0.2, -0.15) is 0 Å². The third-order valence-electron chi connectivity index (χ3n) is 3.08. The molecule has 0 aromatic heterocycles. The van der Waals surface area contributed by atoms with E-state index in [1.54, 1.807) is 0 Å². The largest absolute Gasteiger partial charge is 0.311 e. The van der Waals surface area contributed by atoms with E-state index >= 15 is 0 Å². The maximum absolute atomic E-state index is 5.99. The lowest BCUT2D eigenvalue weighted by molar-refractivity contribution is 0.408. The molecule has 0 saturated carbocycles. The molecule has 1 aromatic rings. The van der Waals surface area contributed by atoms with Crippen molar-refractivity contribution in [1.82, 2.24) is 5.32 Å². The third kappa shape index (κ3) is 5.56. The van der Waals surface area contributed by atoms with E-state index in [2.05, 4.69) is 38.2 Å². The molecule has 1 rings (SSSR count). The van der Waals surface area contributed by atoms with Gasteiger partial charge in [0.05, 0.1) is 0 Å². The number of rotatable bonds is 7. The average Bonchev–Trinajstić information content (AvgIpc) is 2.28. The van der Waals surface area contributed by atoms with Gasteiger partial charge in [-0.3, -0.25) is 0 Å². The van der Waals surface area contributed by atoms with Crippen LogP contribution in [-0.4, -0.2) is 12.1 Å². The Hall–Kier alpha value is -0.530. The van der Waals surface area contributed by atoms with Gasteiger partial charge in [-0.15, -0.1) is 0 Å². The van der Waals surface area contributed by atoms with Crippen LogP contribution in [-0.2, 0) is 6.42 Å². The standard InChI is InChI=1S/C15H24ClN/c1-4-7-15(5-2)17-12(3)10-13-8-6-9-14(16)11-13/h6,8-9,11-12,15,17H,4-5,7,10H2,1-3H3. The SMILES string of the molecule is CCCC(CC)NC(C)Cc1cccc(Cl)c1. The van der Waals surface area contributed by atoms with Gasteiger partial charge >= 0.3 is 0 Å². The summed E-state index contributed by atoms with van der Waals surface area (Å²) < 4.78 is 0.